The molecule has 18 heavy (non-hydrogen) atoms. The van der Waals surface area contributed by atoms with Gasteiger partial charge in [0.15, 0.2) is 12.0 Å². The van der Waals surface area contributed by atoms with Crippen molar-refractivity contribution in [3.8, 4) is 0 Å². The lowest BCUT2D eigenvalue weighted by Gasteiger charge is -2.05. The second kappa shape index (κ2) is 7.37. The van der Waals surface area contributed by atoms with E-state index in [0.29, 0.717) is 12.0 Å². The number of hydrogen-bond donors (Lipinski definition) is 0. The van der Waals surface area contributed by atoms with Gasteiger partial charge in [-0.15, -0.1) is 0 Å². The van der Waals surface area contributed by atoms with Crippen molar-refractivity contribution in [1.29, 1.82) is 0 Å². The quantitative estimate of drug-likeness (QED) is 0.576. The van der Waals surface area contributed by atoms with Crippen LogP contribution in [-0.4, -0.2) is 24.5 Å². The highest BCUT2D eigenvalue weighted by molar-refractivity contribution is 5.90. The maximum absolute atomic E-state index is 13.3. The van der Waals surface area contributed by atoms with E-state index in [4.69, 9.17) is 4.74 Å². The van der Waals surface area contributed by atoms with Crippen LogP contribution in [0.4, 0.5) is 4.39 Å². The molecule has 4 heteroatoms. The number of allylic oxidation sites excluding steroid dienone is 1. The first kappa shape index (κ1) is 14.1. The Bertz CT molecular complexity index is 426. The summed E-state index contributed by atoms with van der Waals surface area (Å²) >= 11 is 0. The number of alkyl halides is 1. The lowest BCUT2D eigenvalue weighted by Crippen LogP contribution is -2.13. The van der Waals surface area contributed by atoms with Gasteiger partial charge in [0.05, 0.1) is 5.56 Å². The van der Waals surface area contributed by atoms with Gasteiger partial charge in [0, 0.05) is 6.42 Å². The lowest BCUT2D eigenvalue weighted by molar-refractivity contribution is -0.114. The molecule has 0 heterocycles. The number of esters is 1. The van der Waals surface area contributed by atoms with Gasteiger partial charge in [-0.1, -0.05) is 25.1 Å². The van der Waals surface area contributed by atoms with E-state index in [9.17, 15) is 14.0 Å². The molecule has 0 aliphatic carbocycles. The molecule has 0 N–H and O–H groups in total. The van der Waals surface area contributed by atoms with E-state index in [0.717, 1.165) is 6.08 Å². The number of ether oxygens (including phenoxy) is 1. The molecule has 0 amide bonds. The van der Waals surface area contributed by atoms with Crippen LogP contribution in [0.15, 0.2) is 42.5 Å². The number of ketones is 1. The van der Waals surface area contributed by atoms with Gasteiger partial charge in [-0.2, -0.15) is 0 Å². The van der Waals surface area contributed by atoms with E-state index in [1.807, 2.05) is 0 Å². The van der Waals surface area contributed by atoms with E-state index in [1.165, 1.54) is 6.08 Å². The number of benzene rings is 1. The average Bonchev–Trinajstić information content (AvgIpc) is 2.42. The molecule has 0 radical (unpaired) electrons. The number of halogens is 1. The van der Waals surface area contributed by atoms with Crippen LogP contribution < -0.4 is 0 Å². The summed E-state index contributed by atoms with van der Waals surface area (Å²) in [6, 6.07) is 8.35. The fraction of sp³-hybridized carbons (Fsp3) is 0.286. The van der Waals surface area contributed by atoms with E-state index < -0.39 is 12.1 Å². The van der Waals surface area contributed by atoms with Gasteiger partial charge >= 0.3 is 5.97 Å². The Balaban J connectivity index is 2.39. The summed E-state index contributed by atoms with van der Waals surface area (Å²) in [6.45, 7) is 1.30. The third-order valence-electron chi connectivity index (χ3n) is 2.22. The van der Waals surface area contributed by atoms with Gasteiger partial charge in [0.2, 0.25) is 0 Å². The molecule has 1 aromatic rings. The third-order valence-corrected chi connectivity index (χ3v) is 2.22. The monoisotopic (exact) mass is 250 g/mol. The molecule has 1 aromatic carbocycles. The standard InChI is InChI=1S/C14H15FO3/c1-2-13(16)9-8-12(15)10-18-14(17)11-6-4-3-5-7-11/h3-9,12H,2,10H2,1H3/b9-8+. The second-order valence-electron chi connectivity index (χ2n) is 3.66. The van der Waals surface area contributed by atoms with Crippen LogP contribution in [0.25, 0.3) is 0 Å². The van der Waals surface area contributed by atoms with Crippen LogP contribution in [0.5, 0.6) is 0 Å². The zero-order valence-corrected chi connectivity index (χ0v) is 10.1. The molecule has 0 aliphatic rings. The van der Waals surface area contributed by atoms with Crippen molar-refractivity contribution in [2.24, 2.45) is 0 Å². The normalized spacial score (nSPS) is 12.3. The summed E-state index contributed by atoms with van der Waals surface area (Å²) in [6.07, 6.45) is 1.13. The van der Waals surface area contributed by atoms with Crippen molar-refractivity contribution < 1.29 is 18.7 Å². The predicted octanol–water partition coefficient (Wildman–Crippen LogP) is 2.72. The second-order valence-corrected chi connectivity index (χ2v) is 3.66. The van der Waals surface area contributed by atoms with Crippen molar-refractivity contribution in [1.82, 2.24) is 0 Å². The van der Waals surface area contributed by atoms with E-state index in [-0.39, 0.29) is 12.4 Å². The zero-order chi connectivity index (χ0) is 13.4. The molecule has 0 aliphatic heterocycles. The first-order chi connectivity index (χ1) is 8.63. The minimum absolute atomic E-state index is 0.160. The van der Waals surface area contributed by atoms with Crippen molar-refractivity contribution in [3.63, 3.8) is 0 Å². The molecular formula is C14H15FO3. The molecule has 0 fully saturated rings. The van der Waals surface area contributed by atoms with Crippen molar-refractivity contribution in [3.05, 3.63) is 48.0 Å². The smallest absolute Gasteiger partial charge is 0.338 e. The van der Waals surface area contributed by atoms with Gasteiger partial charge in [-0.05, 0) is 24.3 Å². The van der Waals surface area contributed by atoms with Gasteiger partial charge in [0.25, 0.3) is 0 Å². The molecule has 1 atom stereocenters. The van der Waals surface area contributed by atoms with Crippen molar-refractivity contribution >= 4 is 11.8 Å². The predicted molar refractivity (Wildman–Crippen MR) is 66.1 cm³/mol. The molecule has 0 bridgehead atoms. The van der Waals surface area contributed by atoms with Crippen LogP contribution in [-0.2, 0) is 9.53 Å². The molecule has 0 saturated carbocycles. The first-order valence-electron chi connectivity index (χ1n) is 5.70. The number of rotatable bonds is 6. The summed E-state index contributed by atoms with van der Waals surface area (Å²) in [7, 11) is 0. The number of carbonyl (C=O) groups excluding carboxylic acids is 2. The fourth-order valence-electron chi connectivity index (χ4n) is 1.20. The van der Waals surface area contributed by atoms with Crippen LogP contribution in [0.1, 0.15) is 23.7 Å². The lowest BCUT2D eigenvalue weighted by atomic mass is 10.2. The summed E-state index contributed by atoms with van der Waals surface area (Å²) in [4.78, 5) is 22.4. The maximum atomic E-state index is 13.3. The number of carbonyl (C=O) groups is 2. The Morgan fingerprint density at radius 2 is 2.00 bits per heavy atom. The third kappa shape index (κ3) is 4.91. The average molecular weight is 250 g/mol. The Morgan fingerprint density at radius 3 is 2.61 bits per heavy atom. The van der Waals surface area contributed by atoms with Crippen LogP contribution in [0.2, 0.25) is 0 Å². The number of hydrogen-bond acceptors (Lipinski definition) is 3. The zero-order valence-electron chi connectivity index (χ0n) is 10.1. The van der Waals surface area contributed by atoms with E-state index in [1.54, 1.807) is 37.3 Å². The maximum Gasteiger partial charge on any atom is 0.338 e. The summed E-state index contributed by atoms with van der Waals surface area (Å²) < 4.78 is 18.0. The summed E-state index contributed by atoms with van der Waals surface area (Å²) in [5.74, 6) is -0.736. The minimum atomic E-state index is -1.46. The van der Waals surface area contributed by atoms with Gasteiger partial charge in [0.1, 0.15) is 6.61 Å². The largest absolute Gasteiger partial charge is 0.459 e. The highest BCUT2D eigenvalue weighted by Crippen LogP contribution is 2.03. The topological polar surface area (TPSA) is 43.4 Å². The Morgan fingerprint density at radius 1 is 1.33 bits per heavy atom. The van der Waals surface area contributed by atoms with Gasteiger partial charge in [-0.25, -0.2) is 9.18 Å². The Hall–Kier alpha value is -1.97. The molecule has 0 aromatic heterocycles. The molecular weight excluding hydrogens is 235 g/mol. The van der Waals surface area contributed by atoms with Gasteiger partial charge < -0.3 is 4.74 Å². The van der Waals surface area contributed by atoms with Crippen LogP contribution >= 0.6 is 0 Å². The molecule has 1 unspecified atom stereocenters. The van der Waals surface area contributed by atoms with Crippen LogP contribution in [0, 0.1) is 0 Å². The fourth-order valence-corrected chi connectivity index (χ4v) is 1.20. The molecule has 0 saturated heterocycles. The molecule has 1 rings (SSSR count). The highest BCUT2D eigenvalue weighted by atomic mass is 19.1. The van der Waals surface area contributed by atoms with Gasteiger partial charge in [-0.3, -0.25) is 4.79 Å². The molecule has 0 spiro atoms. The van der Waals surface area contributed by atoms with E-state index in [2.05, 4.69) is 0 Å². The Kier molecular flexibility index (Phi) is 5.77. The molecule has 96 valence electrons. The van der Waals surface area contributed by atoms with Crippen molar-refractivity contribution in [2.45, 2.75) is 19.5 Å². The Labute approximate surface area is 105 Å². The summed E-state index contributed by atoms with van der Waals surface area (Å²) in [5, 5.41) is 0. The SMILES string of the molecule is CCC(=O)/C=C/C(F)COC(=O)c1ccccc1. The highest BCUT2D eigenvalue weighted by Gasteiger charge is 2.09. The first-order valence-corrected chi connectivity index (χ1v) is 5.70. The molecule has 3 nitrogen and oxygen atoms in total. The summed E-state index contributed by atoms with van der Waals surface area (Å²) in [5.41, 5.74) is 0.373. The van der Waals surface area contributed by atoms with Crippen LogP contribution in [0.3, 0.4) is 0 Å². The van der Waals surface area contributed by atoms with Crippen molar-refractivity contribution in [2.75, 3.05) is 6.61 Å². The minimum Gasteiger partial charge on any atom is -0.459 e. The van der Waals surface area contributed by atoms with E-state index >= 15 is 0 Å².